The molecule has 0 spiro atoms. The van der Waals surface area contributed by atoms with Crippen molar-refractivity contribution in [3.8, 4) is 0 Å². The van der Waals surface area contributed by atoms with Gasteiger partial charge in [0.05, 0.1) is 24.4 Å². The van der Waals surface area contributed by atoms with Gasteiger partial charge >= 0.3 is 0 Å². The number of hydrogen-bond donors (Lipinski definition) is 1. The first-order valence-electron chi connectivity index (χ1n) is 11.6. The molecule has 28 heavy (non-hydrogen) atoms. The van der Waals surface area contributed by atoms with E-state index in [-0.39, 0.29) is 5.60 Å². The summed E-state index contributed by atoms with van der Waals surface area (Å²) < 4.78 is 18.1. The van der Waals surface area contributed by atoms with Crippen molar-refractivity contribution in [3.63, 3.8) is 0 Å². The number of nitrogens with zero attached hydrogens (tertiary/aromatic N) is 2. The first-order chi connectivity index (χ1) is 13.7. The minimum atomic E-state index is -0.00703. The van der Waals surface area contributed by atoms with Gasteiger partial charge in [0, 0.05) is 39.9 Å². The van der Waals surface area contributed by atoms with Crippen LogP contribution in [0.15, 0.2) is 4.99 Å². The van der Waals surface area contributed by atoms with Gasteiger partial charge in [-0.15, -0.1) is 0 Å². The topological polar surface area (TPSA) is 55.3 Å². The number of hydrogen-bond acceptors (Lipinski definition) is 4. The molecule has 162 valence electrons. The molecule has 0 amide bonds. The Labute approximate surface area is 171 Å². The predicted molar refractivity (Wildman–Crippen MR) is 113 cm³/mol. The molecule has 2 heterocycles. The highest BCUT2D eigenvalue weighted by Gasteiger charge is 2.33. The van der Waals surface area contributed by atoms with Crippen LogP contribution in [0.5, 0.6) is 0 Å². The van der Waals surface area contributed by atoms with Crippen molar-refractivity contribution >= 4 is 5.96 Å². The molecule has 0 aromatic rings. The van der Waals surface area contributed by atoms with Gasteiger partial charge < -0.3 is 24.4 Å². The molecule has 0 radical (unpaired) electrons. The molecule has 0 aromatic heterocycles. The van der Waals surface area contributed by atoms with Crippen LogP contribution in [0.25, 0.3) is 0 Å². The van der Waals surface area contributed by atoms with Gasteiger partial charge in [0.15, 0.2) is 5.96 Å². The molecule has 0 bridgehead atoms. The Kier molecular flexibility index (Phi) is 8.87. The maximum atomic E-state index is 6.33. The normalized spacial score (nSPS) is 26.6. The maximum Gasteiger partial charge on any atom is 0.193 e. The number of ether oxygens (including phenoxy) is 3. The van der Waals surface area contributed by atoms with E-state index in [0.29, 0.717) is 12.2 Å². The Balaban J connectivity index is 1.42. The lowest BCUT2D eigenvalue weighted by atomic mass is 9.84. The predicted octanol–water partition coefficient (Wildman–Crippen LogP) is 3.35. The molecule has 6 heteroatoms. The largest absolute Gasteiger partial charge is 0.376 e. The van der Waals surface area contributed by atoms with Gasteiger partial charge in [0.25, 0.3) is 0 Å². The average molecular weight is 396 g/mol. The summed E-state index contributed by atoms with van der Waals surface area (Å²) in [4.78, 5) is 6.93. The summed E-state index contributed by atoms with van der Waals surface area (Å²) in [7, 11) is 1.89. The Morgan fingerprint density at radius 3 is 2.57 bits per heavy atom. The molecule has 1 aliphatic carbocycles. The fraction of sp³-hybridized carbons (Fsp3) is 0.955. The van der Waals surface area contributed by atoms with E-state index in [1.54, 1.807) is 0 Å². The first-order valence-corrected chi connectivity index (χ1v) is 11.6. The van der Waals surface area contributed by atoms with Gasteiger partial charge in [-0.05, 0) is 44.9 Å². The fourth-order valence-corrected chi connectivity index (χ4v) is 4.71. The average Bonchev–Trinajstić information content (AvgIpc) is 3.26. The second-order valence-electron chi connectivity index (χ2n) is 8.65. The molecular weight excluding hydrogens is 354 g/mol. The van der Waals surface area contributed by atoms with E-state index < -0.39 is 0 Å². The van der Waals surface area contributed by atoms with E-state index in [1.165, 1.54) is 25.7 Å². The molecule has 3 fully saturated rings. The van der Waals surface area contributed by atoms with Crippen LogP contribution in [-0.4, -0.2) is 75.2 Å². The molecule has 1 unspecified atom stereocenters. The third kappa shape index (κ3) is 6.33. The molecular formula is C22H41N3O3. The molecule has 1 N–H and O–H groups in total. The SMILES string of the molecule is CCCOC1(CNC(=NC)N2CCC(OCC3CCCO3)CC2)CCCCC1. The van der Waals surface area contributed by atoms with E-state index in [2.05, 4.69) is 22.1 Å². The van der Waals surface area contributed by atoms with Crippen molar-refractivity contribution in [2.24, 2.45) is 4.99 Å². The number of nitrogens with one attached hydrogen (secondary N) is 1. The molecule has 2 aliphatic heterocycles. The molecule has 1 atom stereocenters. The number of rotatable bonds is 8. The van der Waals surface area contributed by atoms with Crippen LogP contribution in [0.3, 0.4) is 0 Å². The first kappa shape index (κ1) is 21.8. The lowest BCUT2D eigenvalue weighted by Crippen LogP contribution is -2.52. The van der Waals surface area contributed by atoms with Crippen molar-refractivity contribution in [3.05, 3.63) is 0 Å². The van der Waals surface area contributed by atoms with Crippen LogP contribution in [-0.2, 0) is 14.2 Å². The van der Waals surface area contributed by atoms with Crippen LogP contribution >= 0.6 is 0 Å². The Hall–Kier alpha value is -0.850. The minimum Gasteiger partial charge on any atom is -0.376 e. The van der Waals surface area contributed by atoms with Crippen molar-refractivity contribution in [1.29, 1.82) is 0 Å². The monoisotopic (exact) mass is 395 g/mol. The lowest BCUT2D eigenvalue weighted by molar-refractivity contribution is -0.0662. The second kappa shape index (κ2) is 11.4. The molecule has 3 rings (SSSR count). The Morgan fingerprint density at radius 2 is 1.93 bits per heavy atom. The van der Waals surface area contributed by atoms with Crippen molar-refractivity contribution in [2.45, 2.75) is 88.9 Å². The zero-order valence-electron chi connectivity index (χ0n) is 18.1. The summed E-state index contributed by atoms with van der Waals surface area (Å²) >= 11 is 0. The summed E-state index contributed by atoms with van der Waals surface area (Å²) in [5.74, 6) is 1.02. The number of guanidine groups is 1. The van der Waals surface area contributed by atoms with Crippen LogP contribution in [0.4, 0.5) is 0 Å². The van der Waals surface area contributed by atoms with Crippen LogP contribution in [0.1, 0.15) is 71.1 Å². The summed E-state index contributed by atoms with van der Waals surface area (Å²) in [6, 6.07) is 0. The number of likely N-dealkylation sites (tertiary alicyclic amines) is 1. The maximum absolute atomic E-state index is 6.33. The van der Waals surface area contributed by atoms with Crippen molar-refractivity contribution < 1.29 is 14.2 Å². The zero-order valence-corrected chi connectivity index (χ0v) is 18.1. The minimum absolute atomic E-state index is 0.00703. The number of aliphatic imine (C=N–C) groups is 1. The Morgan fingerprint density at radius 1 is 1.14 bits per heavy atom. The van der Waals surface area contributed by atoms with Crippen molar-refractivity contribution in [2.75, 3.05) is 46.5 Å². The summed E-state index contributed by atoms with van der Waals surface area (Å²) in [5.41, 5.74) is -0.00703. The third-order valence-corrected chi connectivity index (χ3v) is 6.44. The smallest absolute Gasteiger partial charge is 0.193 e. The van der Waals surface area contributed by atoms with Gasteiger partial charge in [0.1, 0.15) is 0 Å². The van der Waals surface area contributed by atoms with Crippen LogP contribution < -0.4 is 5.32 Å². The zero-order chi connectivity index (χ0) is 19.7. The van der Waals surface area contributed by atoms with E-state index >= 15 is 0 Å². The van der Waals surface area contributed by atoms with E-state index in [0.717, 1.165) is 83.9 Å². The second-order valence-corrected chi connectivity index (χ2v) is 8.65. The Bertz CT molecular complexity index is 466. The van der Waals surface area contributed by atoms with E-state index in [4.69, 9.17) is 14.2 Å². The van der Waals surface area contributed by atoms with Crippen molar-refractivity contribution in [1.82, 2.24) is 10.2 Å². The van der Waals surface area contributed by atoms with E-state index in [1.807, 2.05) is 7.05 Å². The third-order valence-electron chi connectivity index (χ3n) is 6.44. The highest BCUT2D eigenvalue weighted by molar-refractivity contribution is 5.80. The van der Waals surface area contributed by atoms with Gasteiger partial charge in [-0.25, -0.2) is 0 Å². The summed E-state index contributed by atoms with van der Waals surface area (Å²) in [6.45, 7) is 7.57. The fourth-order valence-electron chi connectivity index (χ4n) is 4.71. The number of piperidine rings is 1. The van der Waals surface area contributed by atoms with Crippen LogP contribution in [0.2, 0.25) is 0 Å². The molecule has 3 aliphatic rings. The van der Waals surface area contributed by atoms with Gasteiger partial charge in [-0.3, -0.25) is 4.99 Å². The van der Waals surface area contributed by atoms with Gasteiger partial charge in [0.2, 0.25) is 0 Å². The summed E-state index contributed by atoms with van der Waals surface area (Å²) in [5, 5.41) is 3.64. The molecule has 0 aromatic carbocycles. The highest BCUT2D eigenvalue weighted by atomic mass is 16.5. The highest BCUT2D eigenvalue weighted by Crippen LogP contribution is 2.31. The van der Waals surface area contributed by atoms with Gasteiger partial charge in [-0.1, -0.05) is 26.2 Å². The van der Waals surface area contributed by atoms with Gasteiger partial charge in [-0.2, -0.15) is 0 Å². The molecule has 2 saturated heterocycles. The van der Waals surface area contributed by atoms with E-state index in [9.17, 15) is 0 Å². The van der Waals surface area contributed by atoms with Crippen LogP contribution in [0, 0.1) is 0 Å². The molecule has 6 nitrogen and oxygen atoms in total. The summed E-state index contributed by atoms with van der Waals surface area (Å²) in [6.07, 6.45) is 12.4. The quantitative estimate of drug-likeness (QED) is 0.505. The standard InChI is InChI=1S/C22H41N3O3/c1-3-15-28-22(11-5-4-6-12-22)18-24-21(23-2)25-13-9-19(10-14-25)27-17-20-8-7-16-26-20/h19-20H,3-18H2,1-2H3,(H,23,24). The molecule has 1 saturated carbocycles. The lowest BCUT2D eigenvalue weighted by Gasteiger charge is -2.40.